The number of thioether (sulfide) groups is 1. The summed E-state index contributed by atoms with van der Waals surface area (Å²) in [7, 11) is 0. The van der Waals surface area contributed by atoms with Crippen LogP contribution in [0, 0.1) is 5.92 Å². The molecule has 1 N–H and O–H groups in total. The third-order valence-electron chi connectivity index (χ3n) is 5.22. The quantitative estimate of drug-likeness (QED) is 0.475. The molecule has 4 rings (SSSR count). The van der Waals surface area contributed by atoms with Crippen LogP contribution in [0.2, 0.25) is 0 Å². The van der Waals surface area contributed by atoms with Gasteiger partial charge >= 0.3 is 0 Å². The van der Waals surface area contributed by atoms with Crippen molar-refractivity contribution in [1.29, 1.82) is 0 Å². The number of carbonyl (C=O) groups is 1. The van der Waals surface area contributed by atoms with Gasteiger partial charge in [-0.05, 0) is 42.0 Å². The maximum absolute atomic E-state index is 12.8. The average molecular weight is 473 g/mol. The highest BCUT2D eigenvalue weighted by Crippen LogP contribution is 2.34. The van der Waals surface area contributed by atoms with E-state index in [1.54, 1.807) is 11.3 Å². The second-order valence-corrected chi connectivity index (χ2v) is 9.75. The van der Waals surface area contributed by atoms with Crippen molar-refractivity contribution in [2.75, 3.05) is 19.0 Å². The second kappa shape index (κ2) is 10.4. The largest absolute Gasteiger partial charge is 0.490 e. The van der Waals surface area contributed by atoms with Gasteiger partial charge in [0, 0.05) is 13.0 Å². The summed E-state index contributed by atoms with van der Waals surface area (Å²) in [5.74, 6) is 2.80. The Labute approximate surface area is 196 Å². The number of hydrogen-bond acceptors (Lipinski definition) is 7. The molecule has 3 heterocycles. The van der Waals surface area contributed by atoms with Crippen LogP contribution < -0.4 is 14.8 Å². The van der Waals surface area contributed by atoms with Gasteiger partial charge in [0.25, 0.3) is 0 Å². The first-order valence-electron chi connectivity index (χ1n) is 10.9. The summed E-state index contributed by atoms with van der Waals surface area (Å²) < 4.78 is 13.6. The van der Waals surface area contributed by atoms with Crippen molar-refractivity contribution in [3.8, 4) is 22.2 Å². The number of thiophene rings is 1. The summed E-state index contributed by atoms with van der Waals surface area (Å²) in [6, 6.07) is 9.84. The number of ether oxygens (including phenoxy) is 2. The fourth-order valence-electron chi connectivity index (χ4n) is 3.62. The van der Waals surface area contributed by atoms with E-state index in [-0.39, 0.29) is 23.6 Å². The van der Waals surface area contributed by atoms with E-state index in [0.29, 0.717) is 13.2 Å². The monoisotopic (exact) mass is 472 g/mol. The molecule has 7 nitrogen and oxygen atoms in total. The molecule has 9 heteroatoms. The normalized spacial score (nSPS) is 14.2. The van der Waals surface area contributed by atoms with Gasteiger partial charge in [0.1, 0.15) is 0 Å². The number of amides is 1. The number of fused-ring (bicyclic) bond motifs is 1. The van der Waals surface area contributed by atoms with Gasteiger partial charge in [-0.1, -0.05) is 37.7 Å². The average Bonchev–Trinajstić information content (AvgIpc) is 3.40. The summed E-state index contributed by atoms with van der Waals surface area (Å²) in [5.41, 5.74) is 1.01. The zero-order valence-electron chi connectivity index (χ0n) is 18.5. The fourth-order valence-corrected chi connectivity index (χ4v) is 5.15. The van der Waals surface area contributed by atoms with Crippen molar-refractivity contribution in [3.05, 3.63) is 41.3 Å². The van der Waals surface area contributed by atoms with Gasteiger partial charge in [-0.25, -0.2) is 0 Å². The van der Waals surface area contributed by atoms with Crippen LogP contribution in [-0.4, -0.2) is 39.6 Å². The van der Waals surface area contributed by atoms with E-state index in [0.717, 1.165) is 45.9 Å². The van der Waals surface area contributed by atoms with E-state index in [9.17, 15) is 4.79 Å². The molecule has 1 atom stereocenters. The van der Waals surface area contributed by atoms with Crippen LogP contribution in [0.4, 0.5) is 0 Å². The van der Waals surface area contributed by atoms with Crippen molar-refractivity contribution in [1.82, 2.24) is 20.1 Å². The highest BCUT2D eigenvalue weighted by atomic mass is 32.2. The van der Waals surface area contributed by atoms with E-state index in [1.165, 1.54) is 11.8 Å². The van der Waals surface area contributed by atoms with Gasteiger partial charge in [-0.2, -0.15) is 0 Å². The van der Waals surface area contributed by atoms with E-state index in [2.05, 4.69) is 36.3 Å². The maximum Gasteiger partial charge on any atom is 0.230 e. The van der Waals surface area contributed by atoms with E-state index in [1.807, 2.05) is 40.3 Å². The summed E-state index contributed by atoms with van der Waals surface area (Å²) in [6.07, 6.45) is 0.863. The minimum absolute atomic E-state index is 0.0378. The van der Waals surface area contributed by atoms with Crippen LogP contribution in [-0.2, 0) is 11.3 Å². The van der Waals surface area contributed by atoms with Crippen LogP contribution in [0.15, 0.2) is 40.9 Å². The third-order valence-corrected chi connectivity index (χ3v) is 7.05. The van der Waals surface area contributed by atoms with Gasteiger partial charge in [-0.3, -0.25) is 4.79 Å². The minimum Gasteiger partial charge on any atom is -0.490 e. The molecule has 0 saturated carbocycles. The van der Waals surface area contributed by atoms with Gasteiger partial charge < -0.3 is 19.4 Å². The van der Waals surface area contributed by atoms with Gasteiger partial charge in [0.15, 0.2) is 22.5 Å². The highest BCUT2D eigenvalue weighted by molar-refractivity contribution is 7.99. The smallest absolute Gasteiger partial charge is 0.230 e. The molecule has 3 aromatic rings. The highest BCUT2D eigenvalue weighted by Gasteiger charge is 2.22. The van der Waals surface area contributed by atoms with Crippen molar-refractivity contribution in [2.45, 2.75) is 44.9 Å². The second-order valence-electron chi connectivity index (χ2n) is 7.86. The molecule has 0 radical (unpaired) electrons. The molecule has 1 aliphatic rings. The number of nitrogens with one attached hydrogen (secondary N) is 1. The van der Waals surface area contributed by atoms with Gasteiger partial charge in [0.05, 0.1) is 29.9 Å². The van der Waals surface area contributed by atoms with Crippen molar-refractivity contribution in [2.24, 2.45) is 5.92 Å². The van der Waals surface area contributed by atoms with Crippen molar-refractivity contribution < 1.29 is 14.3 Å². The molecule has 1 unspecified atom stereocenters. The molecule has 1 aromatic carbocycles. The molecule has 1 aliphatic heterocycles. The first kappa shape index (κ1) is 22.7. The van der Waals surface area contributed by atoms with Crippen LogP contribution in [0.25, 0.3) is 10.7 Å². The first-order valence-corrected chi connectivity index (χ1v) is 12.7. The zero-order chi connectivity index (χ0) is 22.5. The summed E-state index contributed by atoms with van der Waals surface area (Å²) >= 11 is 3.04. The molecule has 170 valence electrons. The fraction of sp³-hybridized carbons (Fsp3) is 0.435. The molecule has 0 bridgehead atoms. The molecule has 0 aliphatic carbocycles. The SMILES string of the molecule is CCn1c(SCC(=O)NC(c2ccc3c(c2)OCCCO3)C(C)C)nnc1-c1cccs1. The molecule has 0 fully saturated rings. The third kappa shape index (κ3) is 5.10. The Kier molecular flexibility index (Phi) is 7.36. The standard InChI is InChI=1S/C23H28N4O3S2/c1-4-27-22(19-7-5-12-31-19)25-26-23(27)32-14-20(28)24-21(15(2)3)16-8-9-17-18(13-16)30-11-6-10-29-17/h5,7-9,12-13,15,21H,4,6,10-11,14H2,1-3H3,(H,24,28). The zero-order valence-corrected chi connectivity index (χ0v) is 20.2. The molecule has 32 heavy (non-hydrogen) atoms. The summed E-state index contributed by atoms with van der Waals surface area (Å²) in [6.45, 7) is 8.30. The first-order chi connectivity index (χ1) is 15.6. The van der Waals surface area contributed by atoms with Gasteiger partial charge in [-0.15, -0.1) is 21.5 Å². The Morgan fingerprint density at radius 2 is 2.03 bits per heavy atom. The Balaban J connectivity index is 1.43. The molecule has 1 amide bonds. The lowest BCUT2D eigenvalue weighted by Gasteiger charge is -2.24. The molecule has 0 spiro atoms. The number of nitrogens with zero attached hydrogens (tertiary/aromatic N) is 3. The van der Waals surface area contributed by atoms with Gasteiger partial charge in [0.2, 0.25) is 5.91 Å². The summed E-state index contributed by atoms with van der Waals surface area (Å²) in [5, 5.41) is 14.6. The summed E-state index contributed by atoms with van der Waals surface area (Å²) in [4.78, 5) is 13.9. The number of aromatic nitrogens is 3. The molecule has 2 aromatic heterocycles. The molecular formula is C23H28N4O3S2. The lowest BCUT2D eigenvalue weighted by molar-refractivity contribution is -0.119. The lowest BCUT2D eigenvalue weighted by Crippen LogP contribution is -2.33. The van der Waals surface area contributed by atoms with Crippen LogP contribution in [0.5, 0.6) is 11.5 Å². The maximum atomic E-state index is 12.8. The number of benzene rings is 1. The van der Waals surface area contributed by atoms with Crippen molar-refractivity contribution >= 4 is 29.0 Å². The van der Waals surface area contributed by atoms with Crippen molar-refractivity contribution in [3.63, 3.8) is 0 Å². The number of carbonyl (C=O) groups excluding carboxylic acids is 1. The lowest BCUT2D eigenvalue weighted by atomic mass is 9.95. The van der Waals surface area contributed by atoms with E-state index in [4.69, 9.17) is 9.47 Å². The molecular weight excluding hydrogens is 444 g/mol. The predicted octanol–water partition coefficient (Wildman–Crippen LogP) is 4.79. The van der Waals surface area contributed by atoms with Crippen LogP contribution in [0.1, 0.15) is 38.8 Å². The molecule has 0 saturated heterocycles. The van der Waals surface area contributed by atoms with E-state index >= 15 is 0 Å². The van der Waals surface area contributed by atoms with Crippen LogP contribution >= 0.6 is 23.1 Å². The Morgan fingerprint density at radius 3 is 2.75 bits per heavy atom. The number of rotatable bonds is 8. The predicted molar refractivity (Wildman–Crippen MR) is 128 cm³/mol. The Hall–Kier alpha value is -2.52. The van der Waals surface area contributed by atoms with E-state index < -0.39 is 0 Å². The minimum atomic E-state index is -0.119. The Bertz CT molecular complexity index is 1050. The Morgan fingerprint density at radius 1 is 1.22 bits per heavy atom. The number of hydrogen-bond donors (Lipinski definition) is 1. The topological polar surface area (TPSA) is 78.3 Å². The van der Waals surface area contributed by atoms with Crippen LogP contribution in [0.3, 0.4) is 0 Å².